The largest absolute Gasteiger partial charge is 0.398 e. The first kappa shape index (κ1) is 23.4. The topological polar surface area (TPSA) is 101 Å². The minimum Gasteiger partial charge on any atom is -0.398 e. The van der Waals surface area contributed by atoms with E-state index < -0.39 is 0 Å². The van der Waals surface area contributed by atoms with E-state index in [0.29, 0.717) is 23.5 Å². The van der Waals surface area contributed by atoms with Gasteiger partial charge in [0.25, 0.3) is 0 Å². The van der Waals surface area contributed by atoms with Gasteiger partial charge in [0.1, 0.15) is 5.84 Å². The van der Waals surface area contributed by atoms with E-state index in [-0.39, 0.29) is 11.7 Å². The summed E-state index contributed by atoms with van der Waals surface area (Å²) < 4.78 is 0. The molecule has 0 radical (unpaired) electrons. The second kappa shape index (κ2) is 11.4. The number of hydrogen-bond donors (Lipinski definition) is 3. The molecular formula is C30H27N5. The first-order valence-electron chi connectivity index (χ1n) is 11.3. The van der Waals surface area contributed by atoms with Gasteiger partial charge in [-0.3, -0.25) is 10.4 Å². The number of aliphatic imine (C=N–C) groups is 2. The molecular weight excluding hydrogens is 430 g/mol. The maximum atomic E-state index is 8.71. The lowest BCUT2D eigenvalue weighted by atomic mass is 9.99. The van der Waals surface area contributed by atoms with Crippen molar-refractivity contribution in [1.82, 2.24) is 0 Å². The third kappa shape index (κ3) is 6.18. The zero-order valence-corrected chi connectivity index (χ0v) is 19.3. The molecule has 0 bridgehead atoms. The molecule has 0 aliphatic rings. The monoisotopic (exact) mass is 457 g/mol. The Morgan fingerprint density at radius 3 is 1.80 bits per heavy atom. The van der Waals surface area contributed by atoms with Gasteiger partial charge in [0.2, 0.25) is 0 Å². The number of allylic oxidation sites excluding steroid dienone is 1. The number of hydrogen-bond acceptors (Lipinski definition) is 3. The second-order valence-corrected chi connectivity index (χ2v) is 7.91. The van der Waals surface area contributed by atoms with E-state index in [1.165, 1.54) is 0 Å². The van der Waals surface area contributed by atoms with E-state index >= 15 is 0 Å². The fraction of sp³-hybridized carbons (Fsp3) is 0.0333. The van der Waals surface area contributed by atoms with Crippen LogP contribution in [0.25, 0.3) is 5.70 Å². The predicted octanol–water partition coefficient (Wildman–Crippen LogP) is 5.41. The molecule has 5 heteroatoms. The molecule has 0 saturated carbocycles. The SMILES string of the molecule is N=C(N=C(N)c1ccccc1)c1ccccc1C(/C=C(\N)c1ccccc1)=NCc1ccccc1. The van der Waals surface area contributed by atoms with Crippen LogP contribution in [0.3, 0.4) is 0 Å². The summed E-state index contributed by atoms with van der Waals surface area (Å²) in [5.74, 6) is 0.341. The van der Waals surface area contributed by atoms with E-state index in [2.05, 4.69) is 4.99 Å². The molecule has 0 aliphatic carbocycles. The Balaban J connectivity index is 1.75. The molecule has 0 aliphatic heterocycles. The third-order valence-electron chi connectivity index (χ3n) is 5.43. The zero-order chi connectivity index (χ0) is 24.5. The van der Waals surface area contributed by atoms with E-state index in [0.717, 1.165) is 22.3 Å². The van der Waals surface area contributed by atoms with E-state index in [4.69, 9.17) is 21.9 Å². The Hall–Kier alpha value is -4.77. The van der Waals surface area contributed by atoms with Crippen LogP contribution in [-0.2, 0) is 6.54 Å². The van der Waals surface area contributed by atoms with Crippen molar-refractivity contribution in [1.29, 1.82) is 5.41 Å². The highest BCUT2D eigenvalue weighted by Crippen LogP contribution is 2.17. The molecule has 35 heavy (non-hydrogen) atoms. The highest BCUT2D eigenvalue weighted by molar-refractivity contribution is 6.19. The van der Waals surface area contributed by atoms with E-state index in [9.17, 15) is 0 Å². The summed E-state index contributed by atoms with van der Waals surface area (Å²) in [6.07, 6.45) is 1.86. The fourth-order valence-electron chi connectivity index (χ4n) is 3.60. The van der Waals surface area contributed by atoms with E-state index in [1.54, 1.807) is 0 Å². The summed E-state index contributed by atoms with van der Waals surface area (Å²) >= 11 is 0. The summed E-state index contributed by atoms with van der Waals surface area (Å²) in [6.45, 7) is 0.478. The maximum absolute atomic E-state index is 8.71. The third-order valence-corrected chi connectivity index (χ3v) is 5.43. The average Bonchev–Trinajstić information content (AvgIpc) is 2.92. The molecule has 4 aromatic carbocycles. The number of nitrogens with zero attached hydrogens (tertiary/aromatic N) is 2. The number of benzene rings is 4. The lowest BCUT2D eigenvalue weighted by molar-refractivity contribution is 1.07. The minimum absolute atomic E-state index is 0.0565. The molecule has 0 fully saturated rings. The molecule has 0 aromatic heterocycles. The molecule has 0 atom stereocenters. The van der Waals surface area contributed by atoms with Gasteiger partial charge < -0.3 is 11.5 Å². The zero-order valence-electron chi connectivity index (χ0n) is 19.3. The Labute approximate surface area is 205 Å². The van der Waals surface area contributed by atoms with Gasteiger partial charge in [0.15, 0.2) is 5.84 Å². The summed E-state index contributed by atoms with van der Waals surface area (Å²) in [7, 11) is 0. The quantitative estimate of drug-likeness (QED) is 0.255. The Kier molecular flexibility index (Phi) is 7.61. The molecule has 4 rings (SSSR count). The molecule has 0 spiro atoms. The van der Waals surface area contributed by atoms with Crippen LogP contribution in [0.5, 0.6) is 0 Å². The standard InChI is InChI=1S/C30H27N5/c31-27(23-14-6-2-7-15-23)20-28(34-21-22-12-4-1-5-13-22)25-18-10-11-19-26(25)30(33)35-29(32)24-16-8-3-9-17-24/h1-20H,21,31H2,(H3,32,33,35)/b27-20-,34-28?. The second-order valence-electron chi connectivity index (χ2n) is 7.91. The summed E-state index contributed by atoms with van der Waals surface area (Å²) in [5, 5.41) is 8.71. The van der Waals surface area contributed by atoms with Crippen LogP contribution in [0.1, 0.15) is 27.8 Å². The lowest BCUT2D eigenvalue weighted by Crippen LogP contribution is -2.17. The molecule has 5 nitrogen and oxygen atoms in total. The molecule has 0 amide bonds. The van der Waals surface area contributed by atoms with Gasteiger partial charge in [-0.05, 0) is 17.2 Å². The summed E-state index contributed by atoms with van der Waals surface area (Å²) in [5.41, 5.74) is 18.0. The smallest absolute Gasteiger partial charge is 0.154 e. The minimum atomic E-state index is 0.0565. The summed E-state index contributed by atoms with van der Waals surface area (Å²) in [6, 6.07) is 36.8. The first-order chi connectivity index (χ1) is 17.1. The normalized spacial score (nSPS) is 12.4. The van der Waals surface area contributed by atoms with Gasteiger partial charge in [-0.25, -0.2) is 4.99 Å². The molecule has 4 aromatic rings. The molecule has 172 valence electrons. The van der Waals surface area contributed by atoms with Crippen LogP contribution in [0.4, 0.5) is 0 Å². The Morgan fingerprint density at radius 1 is 0.657 bits per heavy atom. The van der Waals surface area contributed by atoms with Gasteiger partial charge in [-0.15, -0.1) is 0 Å². The number of rotatable bonds is 7. The maximum Gasteiger partial charge on any atom is 0.154 e. The van der Waals surface area contributed by atoms with Crippen molar-refractivity contribution < 1.29 is 0 Å². The number of nitrogens with two attached hydrogens (primary N) is 2. The van der Waals surface area contributed by atoms with Crippen LogP contribution in [0.15, 0.2) is 131 Å². The lowest BCUT2D eigenvalue weighted by Gasteiger charge is -2.11. The number of nitrogens with one attached hydrogen (secondary N) is 1. The highest BCUT2D eigenvalue weighted by Gasteiger charge is 2.13. The Morgan fingerprint density at radius 2 is 1.17 bits per heavy atom. The van der Waals surface area contributed by atoms with Crippen molar-refractivity contribution >= 4 is 23.1 Å². The van der Waals surface area contributed by atoms with Crippen molar-refractivity contribution in [2.45, 2.75) is 6.54 Å². The van der Waals surface area contributed by atoms with Gasteiger partial charge in [-0.1, -0.05) is 115 Å². The van der Waals surface area contributed by atoms with Gasteiger partial charge in [0.05, 0.1) is 12.3 Å². The molecule has 0 heterocycles. The summed E-state index contributed by atoms with van der Waals surface area (Å²) in [4.78, 5) is 9.28. The molecule has 5 N–H and O–H groups in total. The molecule has 0 unspecified atom stereocenters. The van der Waals surface area contributed by atoms with Crippen LogP contribution in [0, 0.1) is 5.41 Å². The fourth-order valence-corrected chi connectivity index (χ4v) is 3.60. The first-order valence-corrected chi connectivity index (χ1v) is 11.3. The van der Waals surface area contributed by atoms with Gasteiger partial charge in [0, 0.05) is 22.4 Å². The number of amidine groups is 2. The van der Waals surface area contributed by atoms with Crippen molar-refractivity contribution in [3.63, 3.8) is 0 Å². The van der Waals surface area contributed by atoms with Crippen molar-refractivity contribution in [2.75, 3.05) is 0 Å². The van der Waals surface area contributed by atoms with Crippen LogP contribution in [0.2, 0.25) is 0 Å². The predicted molar refractivity (Wildman–Crippen MR) is 146 cm³/mol. The van der Waals surface area contributed by atoms with E-state index in [1.807, 2.05) is 121 Å². The highest BCUT2D eigenvalue weighted by atomic mass is 14.9. The van der Waals surface area contributed by atoms with Crippen LogP contribution >= 0.6 is 0 Å². The Bertz CT molecular complexity index is 1370. The molecule has 0 saturated heterocycles. The average molecular weight is 458 g/mol. The van der Waals surface area contributed by atoms with Gasteiger partial charge in [-0.2, -0.15) is 0 Å². The van der Waals surface area contributed by atoms with Crippen molar-refractivity contribution in [2.24, 2.45) is 21.5 Å². The van der Waals surface area contributed by atoms with Gasteiger partial charge >= 0.3 is 0 Å². The van der Waals surface area contributed by atoms with Crippen LogP contribution < -0.4 is 11.5 Å². The van der Waals surface area contributed by atoms with Crippen molar-refractivity contribution in [3.8, 4) is 0 Å². The van der Waals surface area contributed by atoms with Crippen LogP contribution in [-0.4, -0.2) is 17.4 Å². The van der Waals surface area contributed by atoms with Crippen molar-refractivity contribution in [3.05, 3.63) is 149 Å².